The molecule has 0 saturated heterocycles. The number of carbonyl (C=O) groups is 2. The van der Waals surface area contributed by atoms with E-state index < -0.39 is 27.8 Å². The highest BCUT2D eigenvalue weighted by molar-refractivity contribution is 6.15. The summed E-state index contributed by atoms with van der Waals surface area (Å²) in [6.07, 6.45) is 3.65. The summed E-state index contributed by atoms with van der Waals surface area (Å²) in [7, 11) is 0. The lowest BCUT2D eigenvalue weighted by atomic mass is 9.80. The largest absolute Gasteiger partial charge is 0.297 e. The highest BCUT2D eigenvalue weighted by Gasteiger charge is 2.37. The van der Waals surface area contributed by atoms with Gasteiger partial charge in [-0.3, -0.25) is 19.7 Å². The van der Waals surface area contributed by atoms with Gasteiger partial charge < -0.3 is 0 Å². The molecule has 0 aliphatic carbocycles. The van der Waals surface area contributed by atoms with Crippen molar-refractivity contribution in [2.75, 3.05) is 0 Å². The van der Waals surface area contributed by atoms with Crippen molar-refractivity contribution in [1.82, 2.24) is 0 Å². The smallest absolute Gasteiger partial charge is 0.280 e. The Bertz CT molecular complexity index is 711. The first-order valence-electron chi connectivity index (χ1n) is 8.39. The third kappa shape index (κ3) is 5.21. The van der Waals surface area contributed by atoms with Crippen LogP contribution in [-0.2, 0) is 11.2 Å². The van der Waals surface area contributed by atoms with Gasteiger partial charge in [0, 0.05) is 11.5 Å². The number of hydrogen-bond donors (Lipinski definition) is 0. The van der Waals surface area contributed by atoms with Gasteiger partial charge in [0.25, 0.3) is 5.69 Å². The minimum Gasteiger partial charge on any atom is -0.297 e. The predicted molar refractivity (Wildman–Crippen MR) is 94.2 cm³/mol. The van der Waals surface area contributed by atoms with Crippen LogP contribution in [-0.4, -0.2) is 16.5 Å². The van der Waals surface area contributed by atoms with Crippen LogP contribution in [0.3, 0.4) is 0 Å². The Balaban J connectivity index is 3.22. The first-order chi connectivity index (χ1) is 11.6. The summed E-state index contributed by atoms with van der Waals surface area (Å²) in [6.45, 7) is 6.90. The number of nitriles is 1. The summed E-state index contributed by atoms with van der Waals surface area (Å²) < 4.78 is 0. The van der Waals surface area contributed by atoms with Gasteiger partial charge in [0.1, 0.15) is 0 Å². The molecule has 0 heterocycles. The molecule has 0 aromatic heterocycles. The van der Waals surface area contributed by atoms with Crippen LogP contribution in [0.1, 0.15) is 62.9 Å². The van der Waals surface area contributed by atoms with Crippen LogP contribution in [0.5, 0.6) is 0 Å². The maximum atomic E-state index is 12.6. The molecule has 25 heavy (non-hydrogen) atoms. The summed E-state index contributed by atoms with van der Waals surface area (Å²) >= 11 is 0. The number of rotatable bonds is 8. The van der Waals surface area contributed by atoms with Gasteiger partial charge in [-0.05, 0) is 24.5 Å². The molecule has 134 valence electrons. The second-order valence-corrected chi connectivity index (χ2v) is 7.11. The van der Waals surface area contributed by atoms with Crippen LogP contribution in [0.15, 0.2) is 18.2 Å². The molecule has 0 aliphatic rings. The number of nitro benzene ring substituents is 1. The van der Waals surface area contributed by atoms with Crippen molar-refractivity contribution in [3.63, 3.8) is 0 Å². The molecule has 1 aromatic rings. The fraction of sp³-hybridized carbons (Fsp3) is 0.526. The van der Waals surface area contributed by atoms with Crippen LogP contribution in [0, 0.1) is 32.8 Å². The molecule has 1 rings (SSSR count). The van der Waals surface area contributed by atoms with Crippen LogP contribution >= 0.6 is 0 Å². The van der Waals surface area contributed by atoms with Crippen molar-refractivity contribution in [2.24, 2.45) is 11.3 Å². The van der Waals surface area contributed by atoms with Crippen molar-refractivity contribution in [3.05, 3.63) is 39.4 Å². The van der Waals surface area contributed by atoms with Gasteiger partial charge in [-0.1, -0.05) is 46.6 Å². The van der Waals surface area contributed by atoms with E-state index in [9.17, 15) is 25.0 Å². The van der Waals surface area contributed by atoms with E-state index in [1.165, 1.54) is 12.1 Å². The van der Waals surface area contributed by atoms with Gasteiger partial charge in [-0.15, -0.1) is 0 Å². The Morgan fingerprint density at radius 1 is 1.28 bits per heavy atom. The topological polar surface area (TPSA) is 101 Å². The zero-order chi connectivity index (χ0) is 19.2. The van der Waals surface area contributed by atoms with E-state index in [2.05, 4.69) is 6.92 Å². The van der Waals surface area contributed by atoms with E-state index in [4.69, 9.17) is 0 Å². The molecule has 1 aromatic carbocycles. The average molecular weight is 344 g/mol. The minimum absolute atomic E-state index is 0.187. The molecule has 0 fully saturated rings. The highest BCUT2D eigenvalue weighted by Crippen LogP contribution is 2.28. The quantitative estimate of drug-likeness (QED) is 0.230. The Kier molecular flexibility index (Phi) is 6.98. The van der Waals surface area contributed by atoms with Crippen LogP contribution in [0.25, 0.3) is 0 Å². The van der Waals surface area contributed by atoms with Crippen LogP contribution in [0.2, 0.25) is 0 Å². The van der Waals surface area contributed by atoms with E-state index in [-0.39, 0.29) is 11.3 Å². The third-order valence-electron chi connectivity index (χ3n) is 3.99. The second kappa shape index (κ2) is 8.52. The lowest BCUT2D eigenvalue weighted by molar-refractivity contribution is -0.385. The average Bonchev–Trinajstić information content (AvgIpc) is 2.54. The number of benzene rings is 1. The Labute approximate surface area is 148 Å². The van der Waals surface area contributed by atoms with Crippen LogP contribution < -0.4 is 0 Å². The van der Waals surface area contributed by atoms with E-state index >= 15 is 0 Å². The summed E-state index contributed by atoms with van der Waals surface area (Å²) in [4.78, 5) is 35.7. The lowest BCUT2D eigenvalue weighted by Gasteiger charge is -2.19. The van der Waals surface area contributed by atoms with Gasteiger partial charge in [0.2, 0.25) is 0 Å². The zero-order valence-electron chi connectivity index (χ0n) is 15.2. The number of unbranched alkanes of at least 4 members (excludes halogenated alkanes) is 2. The van der Waals surface area contributed by atoms with Gasteiger partial charge in [-0.2, -0.15) is 5.26 Å². The standard InChI is InChI=1S/C19H24N2O4/c1-5-6-7-8-13-9-10-14(16(11-13)21(24)25)17(22)15(12-20)18(23)19(2,3)4/h9-11,15H,5-8H2,1-4H3. The number of ketones is 2. The minimum atomic E-state index is -1.54. The Morgan fingerprint density at radius 2 is 1.92 bits per heavy atom. The molecular weight excluding hydrogens is 320 g/mol. The molecule has 0 N–H and O–H groups in total. The number of hydrogen-bond acceptors (Lipinski definition) is 5. The number of nitro groups is 1. The maximum absolute atomic E-state index is 12.6. The summed E-state index contributed by atoms with van der Waals surface area (Å²) in [5, 5.41) is 20.6. The molecule has 0 saturated carbocycles. The SMILES string of the molecule is CCCCCc1ccc(C(=O)C(C#N)C(=O)C(C)(C)C)c([N+](=O)[O-])c1. The first-order valence-corrected chi connectivity index (χ1v) is 8.39. The highest BCUT2D eigenvalue weighted by atomic mass is 16.6. The summed E-state index contributed by atoms with van der Waals surface area (Å²) in [5.74, 6) is -2.89. The molecule has 0 radical (unpaired) electrons. The molecule has 1 unspecified atom stereocenters. The van der Waals surface area contributed by atoms with E-state index in [0.717, 1.165) is 24.8 Å². The molecule has 6 nitrogen and oxygen atoms in total. The molecule has 6 heteroatoms. The first kappa shape index (κ1) is 20.5. The zero-order valence-corrected chi connectivity index (χ0v) is 15.2. The monoisotopic (exact) mass is 344 g/mol. The molecule has 1 atom stereocenters. The van der Waals surface area contributed by atoms with Crippen molar-refractivity contribution in [1.29, 1.82) is 5.26 Å². The fourth-order valence-corrected chi connectivity index (χ4v) is 2.50. The number of nitrogens with zero attached hydrogens (tertiary/aromatic N) is 2. The van der Waals surface area contributed by atoms with E-state index in [1.807, 2.05) is 0 Å². The fourth-order valence-electron chi connectivity index (χ4n) is 2.50. The van der Waals surface area contributed by atoms with Gasteiger partial charge in [-0.25, -0.2) is 0 Å². The molecule has 0 aliphatic heterocycles. The second-order valence-electron chi connectivity index (χ2n) is 7.11. The molecular formula is C19H24N2O4. The Morgan fingerprint density at radius 3 is 2.40 bits per heavy atom. The van der Waals surface area contributed by atoms with E-state index in [1.54, 1.807) is 32.9 Å². The van der Waals surface area contributed by atoms with Crippen molar-refractivity contribution in [3.8, 4) is 6.07 Å². The number of Topliss-reactive ketones (excluding diaryl/α,β-unsaturated/α-hetero) is 2. The van der Waals surface area contributed by atoms with Crippen molar-refractivity contribution < 1.29 is 14.5 Å². The summed E-state index contributed by atoms with van der Waals surface area (Å²) in [5.41, 5.74) is -0.646. The number of carbonyl (C=O) groups excluding carboxylic acids is 2. The van der Waals surface area contributed by atoms with E-state index in [0.29, 0.717) is 6.42 Å². The molecule has 0 spiro atoms. The lowest BCUT2D eigenvalue weighted by Crippen LogP contribution is -2.33. The normalized spacial score (nSPS) is 12.3. The maximum Gasteiger partial charge on any atom is 0.280 e. The number of aryl methyl sites for hydroxylation is 1. The van der Waals surface area contributed by atoms with Crippen LogP contribution in [0.4, 0.5) is 5.69 Å². The van der Waals surface area contributed by atoms with Gasteiger partial charge in [0.05, 0.1) is 16.6 Å². The van der Waals surface area contributed by atoms with Gasteiger partial charge in [0.15, 0.2) is 17.5 Å². The predicted octanol–water partition coefficient (Wildman–Crippen LogP) is 4.27. The third-order valence-corrected chi connectivity index (χ3v) is 3.99. The van der Waals surface area contributed by atoms with Crippen molar-refractivity contribution >= 4 is 17.3 Å². The summed E-state index contributed by atoms with van der Waals surface area (Å²) in [6, 6.07) is 6.10. The molecule has 0 amide bonds. The van der Waals surface area contributed by atoms with Crippen molar-refractivity contribution in [2.45, 2.75) is 53.4 Å². The molecule has 0 bridgehead atoms. The Hall–Kier alpha value is -2.55. The van der Waals surface area contributed by atoms with Gasteiger partial charge >= 0.3 is 0 Å².